The maximum atomic E-state index is 13.0. The van der Waals surface area contributed by atoms with Crippen LogP contribution in [-0.2, 0) is 33.2 Å². The third-order valence-corrected chi connectivity index (χ3v) is 10.3. The lowest BCUT2D eigenvalue weighted by atomic mass is 9.75. The van der Waals surface area contributed by atoms with E-state index in [9.17, 15) is 45.6 Å². The van der Waals surface area contributed by atoms with E-state index >= 15 is 0 Å². The first-order chi connectivity index (χ1) is 23.5. The van der Waals surface area contributed by atoms with Crippen LogP contribution in [0.3, 0.4) is 0 Å². The van der Waals surface area contributed by atoms with E-state index in [4.69, 9.17) is 62.8 Å². The normalized spacial score (nSPS) is 52.8. The Bertz CT molecular complexity index is 1140. The highest BCUT2D eigenvalue weighted by Gasteiger charge is 2.56. The number of carbonyl (C=O) groups is 1. The standard InChI is InChI=1S/C28H53N7O15/c29-4-10-16(38)18(40)13(33)24(45-10)48-21-8(32)1-9(35-27(43)28(44)2-7(31)3-28)15(37)23(21)50-26-20(42)22(12(6-36)47-26)49-25-14(34)19(41)17(39)11(5-30)46-25/h7-26,36-42,44H,1-6,29-34H2,(H,35,43)/t7?,8-,9+,10+,11-,12+,13+,14+,15-,16+,17-,18-,19+,20+,21+,22+,23+,24+,25+,26-,28?/m0/s1. The summed E-state index contributed by atoms with van der Waals surface area (Å²) in [4.78, 5) is 13.0. The van der Waals surface area contributed by atoms with Crippen LogP contribution in [-0.4, -0.2) is 194 Å². The van der Waals surface area contributed by atoms with Gasteiger partial charge in [0, 0.05) is 38.0 Å². The maximum absolute atomic E-state index is 13.0. The number of nitrogens with one attached hydrogen (secondary N) is 1. The Balaban J connectivity index is 1.36. The summed E-state index contributed by atoms with van der Waals surface area (Å²) >= 11 is 0. The zero-order valence-corrected chi connectivity index (χ0v) is 27.2. The van der Waals surface area contributed by atoms with Gasteiger partial charge in [0.25, 0.3) is 5.91 Å². The van der Waals surface area contributed by atoms with Crippen molar-refractivity contribution in [3.8, 4) is 0 Å². The first-order valence-electron chi connectivity index (χ1n) is 16.6. The van der Waals surface area contributed by atoms with E-state index in [0.29, 0.717) is 0 Å². The fraction of sp³-hybridized carbons (Fsp3) is 0.964. The Kier molecular flexibility index (Phi) is 12.7. The molecule has 0 radical (unpaired) electrons. The van der Waals surface area contributed by atoms with E-state index in [2.05, 4.69) is 5.32 Å². The van der Waals surface area contributed by atoms with Gasteiger partial charge in [0.05, 0.1) is 24.7 Å². The van der Waals surface area contributed by atoms with Crippen LogP contribution in [0.2, 0.25) is 0 Å². The highest BCUT2D eigenvalue weighted by Crippen LogP contribution is 2.36. The third-order valence-electron chi connectivity index (χ3n) is 10.3. The Hall–Kier alpha value is -1.33. The molecule has 0 spiro atoms. The van der Waals surface area contributed by atoms with Crippen molar-refractivity contribution in [3.63, 3.8) is 0 Å². The van der Waals surface area contributed by atoms with Crippen LogP contribution < -0.4 is 39.7 Å². The van der Waals surface area contributed by atoms with Gasteiger partial charge in [0.15, 0.2) is 18.9 Å². The maximum Gasteiger partial charge on any atom is 0.252 e. The van der Waals surface area contributed by atoms with Crippen molar-refractivity contribution in [1.82, 2.24) is 5.32 Å². The second-order valence-electron chi connectivity index (χ2n) is 13.9. The predicted molar refractivity (Wildman–Crippen MR) is 164 cm³/mol. The van der Waals surface area contributed by atoms with Gasteiger partial charge in [0.1, 0.15) is 78.8 Å². The highest BCUT2D eigenvalue weighted by molar-refractivity contribution is 5.86. The molecule has 2 saturated carbocycles. The van der Waals surface area contributed by atoms with Crippen molar-refractivity contribution in [2.24, 2.45) is 34.4 Å². The van der Waals surface area contributed by atoms with Gasteiger partial charge >= 0.3 is 0 Å². The number of amides is 1. The molecule has 0 aromatic carbocycles. The van der Waals surface area contributed by atoms with Crippen LogP contribution >= 0.6 is 0 Å². The average Bonchev–Trinajstić information content (AvgIpc) is 3.37. The molecule has 22 heteroatoms. The van der Waals surface area contributed by atoms with Crippen molar-refractivity contribution in [1.29, 1.82) is 0 Å². The van der Waals surface area contributed by atoms with Gasteiger partial charge in [-0.1, -0.05) is 0 Å². The molecule has 0 unspecified atom stereocenters. The molecule has 5 rings (SSSR count). The summed E-state index contributed by atoms with van der Waals surface area (Å²) in [6.45, 7) is -1.14. The van der Waals surface area contributed by atoms with Gasteiger partial charge in [-0.3, -0.25) is 4.79 Å². The Labute approximate surface area is 286 Å². The van der Waals surface area contributed by atoms with Crippen molar-refractivity contribution in [2.45, 2.75) is 147 Å². The number of carbonyl (C=O) groups excluding carboxylic acids is 1. The summed E-state index contributed by atoms with van der Waals surface area (Å²) in [5, 5.41) is 87.8. The number of aliphatic hydroxyl groups is 8. The number of nitrogens with two attached hydrogens (primary N) is 6. The minimum Gasteiger partial charge on any atom is -0.394 e. The summed E-state index contributed by atoms with van der Waals surface area (Å²) < 4.78 is 35.1. The zero-order valence-electron chi connectivity index (χ0n) is 27.2. The minimum absolute atomic E-state index is 0.00478. The molecule has 290 valence electrons. The van der Waals surface area contributed by atoms with Crippen LogP contribution in [0, 0.1) is 0 Å². The van der Waals surface area contributed by atoms with E-state index in [0.717, 1.165) is 0 Å². The van der Waals surface area contributed by atoms with E-state index in [1.165, 1.54) is 0 Å². The van der Waals surface area contributed by atoms with E-state index in [-0.39, 0.29) is 38.4 Å². The Morgan fingerprint density at radius 3 is 1.64 bits per heavy atom. The molecule has 3 aliphatic heterocycles. The number of aliphatic hydroxyl groups excluding tert-OH is 7. The molecule has 19 atom stereocenters. The highest BCUT2D eigenvalue weighted by atomic mass is 16.8. The van der Waals surface area contributed by atoms with Crippen molar-refractivity contribution in [2.75, 3.05) is 19.7 Å². The van der Waals surface area contributed by atoms with Crippen LogP contribution in [0.15, 0.2) is 0 Å². The third kappa shape index (κ3) is 7.67. The molecular formula is C28H53N7O15. The first kappa shape index (κ1) is 39.9. The average molecular weight is 728 g/mol. The fourth-order valence-corrected chi connectivity index (χ4v) is 7.15. The van der Waals surface area contributed by atoms with Gasteiger partial charge in [0.2, 0.25) is 0 Å². The monoisotopic (exact) mass is 727 g/mol. The molecular weight excluding hydrogens is 674 g/mol. The van der Waals surface area contributed by atoms with Crippen LogP contribution in [0.25, 0.3) is 0 Å². The van der Waals surface area contributed by atoms with Gasteiger partial charge in [-0.15, -0.1) is 0 Å². The molecule has 3 saturated heterocycles. The minimum atomic E-state index is -1.76. The molecule has 0 aromatic rings. The SMILES string of the molecule is NC[C@@H]1O[C@H](O[C@H]2[C@@H](O)[C@H](O[C@@H]3[C@@H](O)[C@H](NC(=O)C4(O)CC(N)C4)C[C@H](N)[C@H]3O[C@H]3O[C@H](CN)[C@@H](O)[C@@H](O)[C@H]3N)O[C@@H]2CO)[C@H](N)[C@@H](O)[C@H]1O. The molecule has 1 amide bonds. The van der Waals surface area contributed by atoms with E-state index in [1.54, 1.807) is 0 Å². The molecule has 2 aliphatic carbocycles. The Morgan fingerprint density at radius 1 is 0.680 bits per heavy atom. The van der Waals surface area contributed by atoms with Crippen LogP contribution in [0.4, 0.5) is 0 Å². The molecule has 5 fully saturated rings. The van der Waals surface area contributed by atoms with E-state index in [1.807, 2.05) is 0 Å². The number of hydrogen-bond acceptors (Lipinski definition) is 21. The second-order valence-corrected chi connectivity index (χ2v) is 13.9. The fourth-order valence-electron chi connectivity index (χ4n) is 7.15. The number of rotatable bonds is 11. The number of ether oxygens (including phenoxy) is 6. The largest absolute Gasteiger partial charge is 0.394 e. The summed E-state index contributed by atoms with van der Waals surface area (Å²) in [5.74, 6) is -0.799. The second kappa shape index (κ2) is 16.0. The van der Waals surface area contributed by atoms with Gasteiger partial charge in [-0.05, 0) is 6.42 Å². The van der Waals surface area contributed by atoms with Gasteiger partial charge in [-0.2, -0.15) is 0 Å². The van der Waals surface area contributed by atoms with Crippen molar-refractivity contribution in [3.05, 3.63) is 0 Å². The Morgan fingerprint density at radius 2 is 1.16 bits per heavy atom. The predicted octanol–water partition coefficient (Wildman–Crippen LogP) is -9.89. The van der Waals surface area contributed by atoms with E-state index < -0.39 is 134 Å². The summed E-state index contributed by atoms with van der Waals surface area (Å²) in [7, 11) is 0. The van der Waals surface area contributed by atoms with Crippen molar-refractivity contribution < 1.29 is 74.1 Å². The topological polar surface area (TPSA) is 402 Å². The van der Waals surface area contributed by atoms with Crippen LogP contribution in [0.1, 0.15) is 19.3 Å². The van der Waals surface area contributed by atoms with Crippen LogP contribution in [0.5, 0.6) is 0 Å². The smallest absolute Gasteiger partial charge is 0.252 e. The molecule has 0 bridgehead atoms. The molecule has 0 aromatic heterocycles. The molecule has 21 N–H and O–H groups in total. The lowest BCUT2D eigenvalue weighted by molar-refractivity contribution is -0.307. The lowest BCUT2D eigenvalue weighted by Gasteiger charge is -2.48. The first-order valence-corrected chi connectivity index (χ1v) is 16.6. The molecule has 50 heavy (non-hydrogen) atoms. The molecule has 3 heterocycles. The quantitative estimate of drug-likeness (QED) is 0.0939. The number of hydrogen-bond donors (Lipinski definition) is 15. The van der Waals surface area contributed by atoms with Gasteiger partial charge < -0.3 is 109 Å². The summed E-state index contributed by atoms with van der Waals surface area (Å²) in [5.41, 5.74) is 34.0. The summed E-state index contributed by atoms with van der Waals surface area (Å²) in [6, 6.07) is -5.20. The summed E-state index contributed by atoms with van der Waals surface area (Å²) in [6.07, 6.45) is -21.6. The molecule has 22 nitrogen and oxygen atoms in total. The van der Waals surface area contributed by atoms with Gasteiger partial charge in [-0.25, -0.2) is 0 Å². The van der Waals surface area contributed by atoms with Crippen molar-refractivity contribution >= 4 is 5.91 Å². The zero-order chi connectivity index (χ0) is 36.8. The lowest BCUT2D eigenvalue weighted by Crippen LogP contribution is -2.70. The molecule has 5 aliphatic rings.